The number of ether oxygens (including phenoxy) is 2. The van der Waals surface area contributed by atoms with Gasteiger partial charge in [0, 0.05) is 24.4 Å². The molecule has 0 unspecified atom stereocenters. The number of nitrogens with zero attached hydrogens (tertiary/aromatic N) is 1. The number of thiophene rings is 1. The summed E-state index contributed by atoms with van der Waals surface area (Å²) in [4.78, 5) is 28.0. The van der Waals surface area contributed by atoms with Crippen LogP contribution < -0.4 is 5.73 Å². The predicted molar refractivity (Wildman–Crippen MR) is 107 cm³/mol. The zero-order chi connectivity index (χ0) is 19.6. The Bertz CT molecular complexity index is 831. The van der Waals surface area contributed by atoms with Crippen LogP contribution >= 0.6 is 11.3 Å². The van der Waals surface area contributed by atoms with Gasteiger partial charge >= 0.3 is 0 Å². The van der Waals surface area contributed by atoms with E-state index in [1.807, 2.05) is 35.7 Å². The summed E-state index contributed by atoms with van der Waals surface area (Å²) in [5.74, 6) is -0.612. The first kappa shape index (κ1) is 19.1. The minimum atomic E-state index is -1.21. The van der Waals surface area contributed by atoms with Crippen LogP contribution in [0.15, 0.2) is 41.8 Å². The maximum atomic E-state index is 12.7. The molecule has 0 bridgehead atoms. The van der Waals surface area contributed by atoms with Gasteiger partial charge in [0.1, 0.15) is 6.10 Å². The van der Waals surface area contributed by atoms with Crippen molar-refractivity contribution in [2.45, 2.75) is 31.0 Å². The fraction of sp³-hybridized carbons (Fsp3) is 0.429. The Labute approximate surface area is 168 Å². The van der Waals surface area contributed by atoms with E-state index in [2.05, 4.69) is 6.07 Å². The maximum Gasteiger partial charge on any atom is 0.251 e. The Morgan fingerprint density at radius 2 is 2.04 bits per heavy atom. The zero-order valence-electron chi connectivity index (χ0n) is 15.6. The fourth-order valence-corrected chi connectivity index (χ4v) is 4.58. The quantitative estimate of drug-likeness (QED) is 0.834. The third-order valence-corrected chi connectivity index (χ3v) is 6.32. The van der Waals surface area contributed by atoms with Gasteiger partial charge in [0.05, 0.1) is 13.2 Å². The minimum Gasteiger partial charge on any atom is -0.368 e. The summed E-state index contributed by atoms with van der Waals surface area (Å²) in [6.45, 7) is 1.51. The monoisotopic (exact) mass is 400 g/mol. The van der Waals surface area contributed by atoms with Crippen LogP contribution in [0, 0.1) is 0 Å². The summed E-state index contributed by atoms with van der Waals surface area (Å²) in [7, 11) is 0. The molecule has 0 aliphatic carbocycles. The van der Waals surface area contributed by atoms with Gasteiger partial charge in [-0.15, -0.1) is 11.3 Å². The van der Waals surface area contributed by atoms with Crippen molar-refractivity contribution in [3.8, 4) is 10.4 Å². The highest BCUT2D eigenvalue weighted by Gasteiger charge is 2.45. The Balaban J connectivity index is 1.51. The molecule has 2 aromatic rings. The largest absolute Gasteiger partial charge is 0.368 e. The topological polar surface area (TPSA) is 81.9 Å². The van der Waals surface area contributed by atoms with Gasteiger partial charge in [-0.25, -0.2) is 0 Å². The maximum absolute atomic E-state index is 12.7. The van der Waals surface area contributed by atoms with E-state index in [1.165, 1.54) is 4.88 Å². The molecule has 2 N–H and O–H groups in total. The van der Waals surface area contributed by atoms with Crippen molar-refractivity contribution in [3.63, 3.8) is 0 Å². The first-order valence-corrected chi connectivity index (χ1v) is 10.4. The van der Waals surface area contributed by atoms with Gasteiger partial charge in [0.15, 0.2) is 5.60 Å². The standard InChI is InChI=1S/C21H24N2O4S/c22-20(25)21(13-15-5-7-16(8-6-15)18-4-2-12-28-18)14-23(9-11-27-21)19(24)17-3-1-10-26-17/h2,4-8,12,17H,1,3,9-11,13-14H2,(H2,22,25)/t17-,21+/m0/s1. The van der Waals surface area contributed by atoms with E-state index in [1.54, 1.807) is 16.2 Å². The molecule has 1 aromatic carbocycles. The second kappa shape index (κ2) is 8.03. The molecule has 28 heavy (non-hydrogen) atoms. The summed E-state index contributed by atoms with van der Waals surface area (Å²) < 4.78 is 11.4. The molecule has 2 aliphatic heterocycles. The van der Waals surface area contributed by atoms with Crippen LogP contribution in [0.5, 0.6) is 0 Å². The number of nitrogens with two attached hydrogens (primary N) is 1. The number of carbonyl (C=O) groups excluding carboxylic acids is 2. The smallest absolute Gasteiger partial charge is 0.251 e. The summed E-state index contributed by atoms with van der Waals surface area (Å²) in [5.41, 5.74) is 6.61. The Kier molecular flexibility index (Phi) is 5.48. The van der Waals surface area contributed by atoms with Crippen LogP contribution in [0.4, 0.5) is 0 Å². The highest BCUT2D eigenvalue weighted by atomic mass is 32.1. The van der Waals surface area contributed by atoms with E-state index >= 15 is 0 Å². The number of morpholine rings is 1. The van der Waals surface area contributed by atoms with Gasteiger partial charge in [-0.2, -0.15) is 0 Å². The van der Waals surface area contributed by atoms with Crippen LogP contribution in [0.1, 0.15) is 18.4 Å². The number of hydrogen-bond acceptors (Lipinski definition) is 5. The summed E-state index contributed by atoms with van der Waals surface area (Å²) in [6, 6.07) is 12.1. The molecule has 0 saturated carbocycles. The zero-order valence-corrected chi connectivity index (χ0v) is 16.5. The van der Waals surface area contributed by atoms with E-state index < -0.39 is 17.6 Å². The Hall–Kier alpha value is -2.22. The molecule has 2 atom stereocenters. The molecule has 2 aliphatic rings. The third kappa shape index (κ3) is 3.83. The number of hydrogen-bond donors (Lipinski definition) is 1. The molecule has 2 fully saturated rings. The molecule has 0 spiro atoms. The third-order valence-electron chi connectivity index (χ3n) is 5.40. The van der Waals surface area contributed by atoms with Gasteiger partial charge in [-0.3, -0.25) is 9.59 Å². The molecular formula is C21H24N2O4S. The van der Waals surface area contributed by atoms with Crippen molar-refractivity contribution in [2.75, 3.05) is 26.3 Å². The average Bonchev–Trinajstić information content (AvgIpc) is 3.42. The SMILES string of the molecule is NC(=O)[C@@]1(Cc2ccc(-c3cccs3)cc2)CN(C(=O)[C@@H]2CCCO2)CCO1. The molecule has 3 heterocycles. The predicted octanol–water partition coefficient (Wildman–Crippen LogP) is 2.22. The van der Waals surface area contributed by atoms with E-state index in [0.29, 0.717) is 19.6 Å². The molecule has 1 aromatic heterocycles. The van der Waals surface area contributed by atoms with E-state index in [0.717, 1.165) is 24.0 Å². The molecular weight excluding hydrogens is 376 g/mol. The Morgan fingerprint density at radius 3 is 2.68 bits per heavy atom. The van der Waals surface area contributed by atoms with Gasteiger partial charge in [-0.05, 0) is 35.4 Å². The second-order valence-electron chi connectivity index (χ2n) is 7.32. The first-order chi connectivity index (χ1) is 13.6. The van der Waals surface area contributed by atoms with Crippen molar-refractivity contribution in [1.82, 2.24) is 4.90 Å². The minimum absolute atomic E-state index is 0.0699. The Morgan fingerprint density at radius 1 is 1.21 bits per heavy atom. The molecule has 2 saturated heterocycles. The number of rotatable bonds is 5. The lowest BCUT2D eigenvalue weighted by atomic mass is 9.91. The molecule has 2 amide bonds. The van der Waals surface area contributed by atoms with E-state index in [9.17, 15) is 9.59 Å². The summed E-state index contributed by atoms with van der Waals surface area (Å²) in [6.07, 6.45) is 1.54. The molecule has 4 rings (SSSR count). The summed E-state index contributed by atoms with van der Waals surface area (Å²) in [5, 5.41) is 2.04. The van der Waals surface area contributed by atoms with Crippen molar-refractivity contribution < 1.29 is 19.1 Å². The normalized spacial score (nSPS) is 25.0. The van der Waals surface area contributed by atoms with Crippen LogP contribution in [0.25, 0.3) is 10.4 Å². The van der Waals surface area contributed by atoms with Gasteiger partial charge in [0.25, 0.3) is 11.8 Å². The van der Waals surface area contributed by atoms with E-state index in [4.69, 9.17) is 15.2 Å². The number of carbonyl (C=O) groups is 2. The van der Waals surface area contributed by atoms with Gasteiger partial charge in [-0.1, -0.05) is 30.3 Å². The van der Waals surface area contributed by atoms with Gasteiger partial charge in [0.2, 0.25) is 0 Å². The van der Waals surface area contributed by atoms with Crippen LogP contribution in [-0.4, -0.2) is 54.7 Å². The lowest BCUT2D eigenvalue weighted by molar-refractivity contribution is -0.167. The van der Waals surface area contributed by atoms with Crippen molar-refractivity contribution in [3.05, 3.63) is 47.3 Å². The van der Waals surface area contributed by atoms with E-state index in [-0.39, 0.29) is 19.1 Å². The average molecular weight is 401 g/mol. The first-order valence-electron chi connectivity index (χ1n) is 9.54. The van der Waals surface area contributed by atoms with Crippen molar-refractivity contribution >= 4 is 23.2 Å². The highest BCUT2D eigenvalue weighted by Crippen LogP contribution is 2.28. The van der Waals surface area contributed by atoms with Crippen molar-refractivity contribution in [2.24, 2.45) is 5.73 Å². The number of amides is 2. The fourth-order valence-electron chi connectivity index (χ4n) is 3.85. The van der Waals surface area contributed by atoms with Gasteiger partial charge < -0.3 is 20.1 Å². The lowest BCUT2D eigenvalue weighted by Crippen LogP contribution is -2.62. The number of primary amides is 1. The number of benzene rings is 1. The van der Waals surface area contributed by atoms with Crippen molar-refractivity contribution in [1.29, 1.82) is 0 Å². The lowest BCUT2D eigenvalue weighted by Gasteiger charge is -2.41. The highest BCUT2D eigenvalue weighted by molar-refractivity contribution is 7.13. The molecule has 6 nitrogen and oxygen atoms in total. The molecule has 0 radical (unpaired) electrons. The van der Waals surface area contributed by atoms with Crippen LogP contribution in [0.2, 0.25) is 0 Å². The summed E-state index contributed by atoms with van der Waals surface area (Å²) >= 11 is 1.68. The second-order valence-corrected chi connectivity index (χ2v) is 8.27. The molecule has 7 heteroatoms. The van der Waals surface area contributed by atoms with Crippen LogP contribution in [-0.2, 0) is 25.5 Å². The molecule has 148 valence electrons. The van der Waals surface area contributed by atoms with Crippen LogP contribution in [0.3, 0.4) is 0 Å².